The zero-order chi connectivity index (χ0) is 14.8. The Bertz CT molecular complexity index is 682. The van der Waals surface area contributed by atoms with E-state index in [0.717, 1.165) is 5.56 Å². The molecule has 5 nitrogen and oxygen atoms in total. The first-order valence-electron chi connectivity index (χ1n) is 5.82. The van der Waals surface area contributed by atoms with Crippen LogP contribution in [0, 0.1) is 0 Å². The van der Waals surface area contributed by atoms with Crippen LogP contribution in [0.4, 0.5) is 0 Å². The van der Waals surface area contributed by atoms with Gasteiger partial charge in [-0.25, -0.2) is 8.42 Å². The number of halogens is 1. The number of rotatable bonds is 5. The minimum Gasteiger partial charge on any atom is -0.472 e. The molecule has 0 saturated heterocycles. The Kier molecular flexibility index (Phi) is 4.49. The van der Waals surface area contributed by atoms with Crippen LogP contribution in [0.2, 0.25) is 5.02 Å². The third kappa shape index (κ3) is 3.04. The lowest BCUT2D eigenvalue weighted by molar-refractivity contribution is 0.281. The summed E-state index contributed by atoms with van der Waals surface area (Å²) in [7, 11) is -2.16. The van der Waals surface area contributed by atoms with Crippen molar-refractivity contribution in [2.45, 2.75) is 18.0 Å². The second-order valence-corrected chi connectivity index (χ2v) is 6.76. The van der Waals surface area contributed by atoms with Crippen LogP contribution >= 0.6 is 11.6 Å². The molecule has 0 fully saturated rings. The van der Waals surface area contributed by atoms with Crippen molar-refractivity contribution in [1.82, 2.24) is 4.31 Å². The molecule has 1 aromatic carbocycles. The van der Waals surface area contributed by atoms with Gasteiger partial charge in [-0.05, 0) is 29.8 Å². The van der Waals surface area contributed by atoms with Crippen molar-refractivity contribution in [1.29, 1.82) is 0 Å². The van der Waals surface area contributed by atoms with E-state index in [2.05, 4.69) is 0 Å². The van der Waals surface area contributed by atoms with Crippen molar-refractivity contribution < 1.29 is 17.9 Å². The van der Waals surface area contributed by atoms with E-state index < -0.39 is 10.0 Å². The van der Waals surface area contributed by atoms with E-state index in [4.69, 9.17) is 21.1 Å². The molecule has 1 N–H and O–H groups in total. The van der Waals surface area contributed by atoms with E-state index in [9.17, 15) is 8.42 Å². The number of hydrogen-bond acceptors (Lipinski definition) is 4. The normalized spacial score (nSPS) is 12.0. The van der Waals surface area contributed by atoms with E-state index >= 15 is 0 Å². The second-order valence-electron chi connectivity index (χ2n) is 4.30. The van der Waals surface area contributed by atoms with E-state index in [0.29, 0.717) is 10.6 Å². The topological polar surface area (TPSA) is 70.8 Å². The molecule has 0 radical (unpaired) electrons. The molecule has 108 valence electrons. The van der Waals surface area contributed by atoms with Gasteiger partial charge in [0, 0.05) is 24.2 Å². The highest BCUT2D eigenvalue weighted by Crippen LogP contribution is 2.23. The number of nitrogens with zero attached hydrogens (tertiary/aromatic N) is 1. The fourth-order valence-electron chi connectivity index (χ4n) is 1.74. The van der Waals surface area contributed by atoms with Gasteiger partial charge < -0.3 is 9.52 Å². The molecular weight excluding hydrogens is 302 g/mol. The van der Waals surface area contributed by atoms with Gasteiger partial charge in [-0.15, -0.1) is 0 Å². The Morgan fingerprint density at radius 1 is 1.35 bits per heavy atom. The minimum absolute atomic E-state index is 0.0944. The van der Waals surface area contributed by atoms with Crippen molar-refractivity contribution in [3.05, 3.63) is 52.9 Å². The maximum Gasteiger partial charge on any atom is 0.243 e. The van der Waals surface area contributed by atoms with Gasteiger partial charge in [0.25, 0.3) is 0 Å². The maximum atomic E-state index is 12.4. The molecule has 0 amide bonds. The van der Waals surface area contributed by atoms with Gasteiger partial charge >= 0.3 is 0 Å². The summed E-state index contributed by atoms with van der Waals surface area (Å²) in [6, 6.07) is 5.96. The Hall–Kier alpha value is -1.34. The van der Waals surface area contributed by atoms with Crippen LogP contribution in [0.5, 0.6) is 0 Å². The maximum absolute atomic E-state index is 12.4. The van der Waals surface area contributed by atoms with E-state index in [-0.39, 0.29) is 18.0 Å². The predicted molar refractivity (Wildman–Crippen MR) is 74.7 cm³/mol. The van der Waals surface area contributed by atoms with Crippen LogP contribution in [0.15, 0.2) is 46.1 Å². The van der Waals surface area contributed by atoms with Crippen LogP contribution in [0.1, 0.15) is 11.1 Å². The summed E-state index contributed by atoms with van der Waals surface area (Å²) in [4.78, 5) is 0.0944. The number of hydrogen-bond donors (Lipinski definition) is 1. The molecule has 7 heteroatoms. The molecule has 0 unspecified atom stereocenters. The summed E-state index contributed by atoms with van der Waals surface area (Å²) in [5.74, 6) is 0. The number of benzene rings is 1. The van der Waals surface area contributed by atoms with Crippen LogP contribution in [-0.4, -0.2) is 24.9 Å². The Morgan fingerprint density at radius 3 is 2.70 bits per heavy atom. The van der Waals surface area contributed by atoms with Crippen molar-refractivity contribution in [3.63, 3.8) is 0 Å². The molecule has 0 saturated carbocycles. The molecule has 0 aliphatic rings. The van der Waals surface area contributed by atoms with Gasteiger partial charge in [0.05, 0.1) is 24.0 Å². The number of aliphatic hydroxyl groups is 1. The minimum atomic E-state index is -3.64. The highest BCUT2D eigenvalue weighted by atomic mass is 35.5. The van der Waals surface area contributed by atoms with Gasteiger partial charge in [0.2, 0.25) is 10.0 Å². The monoisotopic (exact) mass is 315 g/mol. The van der Waals surface area contributed by atoms with Gasteiger partial charge in [-0.3, -0.25) is 0 Å². The summed E-state index contributed by atoms with van der Waals surface area (Å²) in [5.41, 5.74) is 1.14. The van der Waals surface area contributed by atoms with Gasteiger partial charge in [-0.2, -0.15) is 4.31 Å². The van der Waals surface area contributed by atoms with Crippen molar-refractivity contribution in [2.75, 3.05) is 7.05 Å². The summed E-state index contributed by atoms with van der Waals surface area (Å²) in [6.45, 7) is -0.108. The summed E-state index contributed by atoms with van der Waals surface area (Å²) in [6.07, 6.45) is 2.98. The quantitative estimate of drug-likeness (QED) is 0.918. The third-order valence-corrected chi connectivity index (χ3v) is 5.05. The lowest BCUT2D eigenvalue weighted by Gasteiger charge is -2.17. The second kappa shape index (κ2) is 5.97. The first-order valence-corrected chi connectivity index (χ1v) is 7.63. The fraction of sp³-hybridized carbons (Fsp3) is 0.231. The molecule has 0 aliphatic heterocycles. The van der Waals surface area contributed by atoms with Gasteiger partial charge in [0.15, 0.2) is 0 Å². The molecule has 0 bridgehead atoms. The average Bonchev–Trinajstić information content (AvgIpc) is 2.91. The molecule has 0 aliphatic carbocycles. The van der Waals surface area contributed by atoms with Crippen molar-refractivity contribution >= 4 is 21.6 Å². The Labute approximate surface area is 122 Å². The lowest BCUT2D eigenvalue weighted by Crippen LogP contribution is -2.26. The van der Waals surface area contributed by atoms with Crippen LogP contribution in [-0.2, 0) is 23.2 Å². The smallest absolute Gasteiger partial charge is 0.243 e. The highest BCUT2D eigenvalue weighted by Gasteiger charge is 2.22. The largest absolute Gasteiger partial charge is 0.472 e. The Morgan fingerprint density at radius 2 is 2.10 bits per heavy atom. The molecule has 2 rings (SSSR count). The molecule has 0 spiro atoms. The molecule has 2 aromatic rings. The zero-order valence-electron chi connectivity index (χ0n) is 10.8. The van der Waals surface area contributed by atoms with Crippen molar-refractivity contribution in [3.8, 4) is 0 Å². The first-order chi connectivity index (χ1) is 9.45. The van der Waals surface area contributed by atoms with E-state index in [1.54, 1.807) is 6.07 Å². The summed E-state index contributed by atoms with van der Waals surface area (Å²) < 4.78 is 30.9. The standard InChI is InChI=1S/C13H14ClNO4S/c1-15(7-10-4-5-19-9-10)20(17,18)12-2-3-13(14)11(6-12)8-16/h2-6,9,16H,7-8H2,1H3. The van der Waals surface area contributed by atoms with Crippen LogP contribution in [0.3, 0.4) is 0 Å². The molecular formula is C13H14ClNO4S. The lowest BCUT2D eigenvalue weighted by atomic mass is 10.2. The SMILES string of the molecule is CN(Cc1ccoc1)S(=O)(=O)c1ccc(Cl)c(CO)c1. The number of furan rings is 1. The zero-order valence-corrected chi connectivity index (χ0v) is 12.4. The van der Waals surface area contributed by atoms with Crippen LogP contribution < -0.4 is 0 Å². The third-order valence-electron chi connectivity index (χ3n) is 2.88. The first kappa shape index (κ1) is 15.1. The number of aliphatic hydroxyl groups excluding tert-OH is 1. The molecule has 20 heavy (non-hydrogen) atoms. The van der Waals surface area contributed by atoms with Crippen LogP contribution in [0.25, 0.3) is 0 Å². The predicted octanol–water partition coefficient (Wildman–Crippen LogP) is 2.25. The molecule has 1 heterocycles. The van der Waals surface area contributed by atoms with E-state index in [1.165, 1.54) is 42.1 Å². The van der Waals surface area contributed by atoms with Gasteiger partial charge in [-0.1, -0.05) is 11.6 Å². The summed E-state index contributed by atoms with van der Waals surface area (Å²) in [5, 5.41) is 9.49. The highest BCUT2D eigenvalue weighted by molar-refractivity contribution is 7.89. The molecule has 1 aromatic heterocycles. The van der Waals surface area contributed by atoms with Crippen molar-refractivity contribution in [2.24, 2.45) is 0 Å². The van der Waals surface area contributed by atoms with Gasteiger partial charge in [0.1, 0.15) is 0 Å². The van der Waals surface area contributed by atoms with E-state index in [1.807, 2.05) is 0 Å². The fourth-order valence-corrected chi connectivity index (χ4v) is 3.12. The average molecular weight is 316 g/mol. The Balaban J connectivity index is 2.29. The summed E-state index contributed by atoms with van der Waals surface area (Å²) >= 11 is 5.86. The molecule has 0 atom stereocenters. The number of sulfonamides is 1.